The molecule has 1 aliphatic rings. The van der Waals surface area contributed by atoms with Gasteiger partial charge >= 0.3 is 0 Å². The van der Waals surface area contributed by atoms with E-state index >= 15 is 0 Å². The summed E-state index contributed by atoms with van der Waals surface area (Å²) in [6.07, 6.45) is 3.81. The number of pyridine rings is 1. The van der Waals surface area contributed by atoms with Crippen LogP contribution in [0.4, 0.5) is 0 Å². The summed E-state index contributed by atoms with van der Waals surface area (Å²) >= 11 is 1.69. The third-order valence-corrected chi connectivity index (χ3v) is 5.90. The Morgan fingerprint density at radius 3 is 2.95 bits per heavy atom. The summed E-state index contributed by atoms with van der Waals surface area (Å²) in [4.78, 5) is 5.57. The van der Waals surface area contributed by atoms with Gasteiger partial charge in [0.1, 0.15) is 5.60 Å². The Morgan fingerprint density at radius 1 is 1.24 bits per heavy atom. The Morgan fingerprint density at radius 2 is 2.10 bits per heavy atom. The molecular weight excluding hydrogens is 278 g/mol. The van der Waals surface area contributed by atoms with Gasteiger partial charge < -0.3 is 5.11 Å². The maximum Gasteiger partial charge on any atom is 0.104 e. The highest BCUT2D eigenvalue weighted by Crippen LogP contribution is 2.47. The molecule has 1 aromatic carbocycles. The van der Waals surface area contributed by atoms with Crippen LogP contribution in [0.5, 0.6) is 0 Å². The fraction of sp³-hybridized carbons (Fsp3) is 0.278. The van der Waals surface area contributed by atoms with Crippen LogP contribution >= 0.6 is 11.3 Å². The topological polar surface area (TPSA) is 33.1 Å². The number of fused-ring (bicyclic) bond motifs is 2. The minimum absolute atomic E-state index is 0.0850. The monoisotopic (exact) mass is 295 g/mol. The molecule has 0 fully saturated rings. The van der Waals surface area contributed by atoms with E-state index in [1.807, 2.05) is 31.3 Å². The van der Waals surface area contributed by atoms with Gasteiger partial charge in [-0.1, -0.05) is 24.3 Å². The normalized spacial score (nSPS) is 20.4. The minimum atomic E-state index is -0.858. The second kappa shape index (κ2) is 4.65. The summed E-state index contributed by atoms with van der Waals surface area (Å²) in [5.74, 6) is 0.0850. The molecule has 3 heteroatoms. The lowest BCUT2D eigenvalue weighted by Crippen LogP contribution is -2.28. The van der Waals surface area contributed by atoms with Crippen LogP contribution in [0.15, 0.2) is 48.7 Å². The summed E-state index contributed by atoms with van der Waals surface area (Å²) in [7, 11) is 0. The number of aryl methyl sites for hydroxylation is 1. The zero-order valence-corrected chi connectivity index (χ0v) is 12.7. The van der Waals surface area contributed by atoms with Crippen LogP contribution in [0.2, 0.25) is 0 Å². The van der Waals surface area contributed by atoms with E-state index in [0.717, 1.165) is 23.4 Å². The lowest BCUT2D eigenvalue weighted by Gasteiger charge is -2.29. The van der Waals surface area contributed by atoms with Crippen LogP contribution in [0, 0.1) is 0 Å². The third-order valence-electron chi connectivity index (χ3n) is 4.56. The van der Waals surface area contributed by atoms with E-state index in [4.69, 9.17) is 0 Å². The van der Waals surface area contributed by atoms with Gasteiger partial charge in [-0.15, -0.1) is 11.3 Å². The van der Waals surface area contributed by atoms with Gasteiger partial charge in [-0.25, -0.2) is 0 Å². The standard InChI is InChI=1S/C18H17NOS/c1-18(20,14-9-8-12-6-4-10-19-17(12)14)16-11-13-5-2-3-7-15(13)21-16/h2-7,10-11,14,20H,8-9H2,1H3. The predicted octanol–water partition coefficient (Wildman–Crippen LogP) is 4.23. The zero-order valence-electron chi connectivity index (χ0n) is 11.9. The van der Waals surface area contributed by atoms with Crippen LogP contribution in [-0.2, 0) is 12.0 Å². The van der Waals surface area contributed by atoms with Crippen molar-refractivity contribution in [3.63, 3.8) is 0 Å². The second-order valence-corrected chi connectivity index (χ2v) is 7.02. The van der Waals surface area contributed by atoms with E-state index in [1.165, 1.54) is 15.6 Å². The number of hydrogen-bond donors (Lipinski definition) is 1. The molecule has 0 amide bonds. The minimum Gasteiger partial charge on any atom is -0.384 e. The second-order valence-electron chi connectivity index (χ2n) is 5.94. The van der Waals surface area contributed by atoms with Crippen LogP contribution < -0.4 is 0 Å². The number of nitrogens with zero attached hydrogens (tertiary/aromatic N) is 1. The van der Waals surface area contributed by atoms with Crippen LogP contribution in [-0.4, -0.2) is 10.1 Å². The van der Waals surface area contributed by atoms with Gasteiger partial charge in [-0.3, -0.25) is 4.98 Å². The smallest absolute Gasteiger partial charge is 0.104 e. The fourth-order valence-electron chi connectivity index (χ4n) is 3.36. The van der Waals surface area contributed by atoms with Gasteiger partial charge in [0.25, 0.3) is 0 Å². The van der Waals surface area contributed by atoms with Crippen LogP contribution in [0.1, 0.15) is 35.4 Å². The van der Waals surface area contributed by atoms with Gasteiger partial charge in [0, 0.05) is 27.4 Å². The highest BCUT2D eigenvalue weighted by Gasteiger charge is 2.40. The van der Waals surface area contributed by atoms with Crippen molar-refractivity contribution in [3.05, 3.63) is 64.8 Å². The molecule has 1 N–H and O–H groups in total. The van der Waals surface area contributed by atoms with Gasteiger partial charge in [-0.2, -0.15) is 0 Å². The van der Waals surface area contributed by atoms with Crippen molar-refractivity contribution in [2.75, 3.05) is 0 Å². The predicted molar refractivity (Wildman–Crippen MR) is 86.7 cm³/mol. The fourth-order valence-corrected chi connectivity index (χ4v) is 4.53. The van der Waals surface area contributed by atoms with E-state index in [9.17, 15) is 5.11 Å². The van der Waals surface area contributed by atoms with Crippen molar-refractivity contribution < 1.29 is 5.11 Å². The molecule has 3 aromatic rings. The number of thiophene rings is 1. The number of benzene rings is 1. The molecule has 0 bridgehead atoms. The van der Waals surface area contributed by atoms with Crippen LogP contribution in [0.25, 0.3) is 10.1 Å². The highest BCUT2D eigenvalue weighted by atomic mass is 32.1. The summed E-state index contributed by atoms with van der Waals surface area (Å²) in [5, 5.41) is 12.4. The third kappa shape index (κ3) is 2.00. The maximum atomic E-state index is 11.2. The number of aliphatic hydroxyl groups is 1. The van der Waals surface area contributed by atoms with Crippen molar-refractivity contribution in [2.45, 2.75) is 31.3 Å². The summed E-state index contributed by atoms with van der Waals surface area (Å²) in [6, 6.07) is 14.5. The van der Waals surface area contributed by atoms with E-state index in [1.54, 1.807) is 11.3 Å². The Kier molecular flexibility index (Phi) is 2.88. The molecule has 106 valence electrons. The van der Waals surface area contributed by atoms with Crippen molar-refractivity contribution in [1.82, 2.24) is 4.98 Å². The maximum absolute atomic E-state index is 11.2. The largest absolute Gasteiger partial charge is 0.384 e. The van der Waals surface area contributed by atoms with E-state index < -0.39 is 5.60 Å². The Hall–Kier alpha value is -1.71. The average molecular weight is 295 g/mol. The lowest BCUT2D eigenvalue weighted by atomic mass is 9.85. The molecular formula is C18H17NOS. The quantitative estimate of drug-likeness (QED) is 0.767. The first-order chi connectivity index (χ1) is 10.2. The first-order valence-electron chi connectivity index (χ1n) is 7.31. The van der Waals surface area contributed by atoms with Gasteiger partial charge in [0.05, 0.1) is 0 Å². The molecule has 2 heterocycles. The molecule has 0 radical (unpaired) electrons. The molecule has 1 aliphatic carbocycles. The van der Waals surface area contributed by atoms with Gasteiger partial charge in [0.2, 0.25) is 0 Å². The van der Waals surface area contributed by atoms with Gasteiger partial charge in [-0.05, 0) is 48.9 Å². The van der Waals surface area contributed by atoms with Crippen molar-refractivity contribution in [1.29, 1.82) is 0 Å². The Labute approximate surface area is 128 Å². The van der Waals surface area contributed by atoms with Gasteiger partial charge in [0.15, 0.2) is 0 Å². The first kappa shape index (κ1) is 13.0. The molecule has 0 aliphatic heterocycles. The summed E-state index contributed by atoms with van der Waals surface area (Å²) < 4.78 is 1.23. The lowest BCUT2D eigenvalue weighted by molar-refractivity contribution is 0.0293. The molecule has 2 atom stereocenters. The molecule has 0 saturated carbocycles. The van der Waals surface area contributed by atoms with Crippen molar-refractivity contribution >= 4 is 21.4 Å². The van der Waals surface area contributed by atoms with Crippen molar-refractivity contribution in [3.8, 4) is 0 Å². The summed E-state index contributed by atoms with van der Waals surface area (Å²) in [5.41, 5.74) is 1.49. The molecule has 4 rings (SSSR count). The first-order valence-corrected chi connectivity index (χ1v) is 8.13. The molecule has 0 spiro atoms. The summed E-state index contributed by atoms with van der Waals surface area (Å²) in [6.45, 7) is 1.94. The van der Waals surface area contributed by atoms with E-state index in [-0.39, 0.29) is 5.92 Å². The number of aromatic nitrogens is 1. The SMILES string of the molecule is CC(O)(c1cc2ccccc2s1)C1CCc2cccnc21. The molecule has 2 unspecified atom stereocenters. The van der Waals surface area contributed by atoms with Crippen LogP contribution in [0.3, 0.4) is 0 Å². The highest BCUT2D eigenvalue weighted by molar-refractivity contribution is 7.19. The molecule has 0 saturated heterocycles. The molecule has 21 heavy (non-hydrogen) atoms. The molecule has 2 aromatic heterocycles. The number of hydrogen-bond acceptors (Lipinski definition) is 3. The zero-order chi connectivity index (χ0) is 14.4. The van der Waals surface area contributed by atoms with E-state index in [2.05, 4.69) is 29.2 Å². The average Bonchev–Trinajstić information content (AvgIpc) is 3.11. The number of rotatable bonds is 2. The van der Waals surface area contributed by atoms with Crippen molar-refractivity contribution in [2.24, 2.45) is 0 Å². The molecule has 2 nitrogen and oxygen atoms in total. The Bertz CT molecular complexity index is 773. The Balaban J connectivity index is 1.80. The van der Waals surface area contributed by atoms with E-state index in [0.29, 0.717) is 0 Å².